The lowest BCUT2D eigenvalue weighted by Gasteiger charge is -2.20. The van der Waals surface area contributed by atoms with Crippen LogP contribution in [0.15, 0.2) is 48.5 Å². The Balaban J connectivity index is 1.97. The minimum absolute atomic E-state index is 0.0841. The molecule has 0 aliphatic rings. The Hall–Kier alpha value is -2.73. The van der Waals surface area contributed by atoms with Crippen LogP contribution in [0.2, 0.25) is 5.02 Å². The zero-order valence-corrected chi connectivity index (χ0v) is 13.2. The Morgan fingerprint density at radius 2 is 1.74 bits per heavy atom. The van der Waals surface area contributed by atoms with Crippen molar-refractivity contribution >= 4 is 34.9 Å². The molecule has 0 unspecified atom stereocenters. The minimum Gasteiger partial charge on any atom is -0.473 e. The summed E-state index contributed by atoms with van der Waals surface area (Å²) in [7, 11) is 0. The molecule has 0 heterocycles. The van der Waals surface area contributed by atoms with E-state index in [2.05, 4.69) is 5.32 Å². The average molecular weight is 334 g/mol. The number of amides is 3. The second kappa shape index (κ2) is 7.51. The van der Waals surface area contributed by atoms with Crippen molar-refractivity contribution in [2.45, 2.75) is 6.92 Å². The molecule has 3 N–H and O–H groups in total. The van der Waals surface area contributed by atoms with Crippen molar-refractivity contribution in [3.8, 4) is 5.75 Å². The number of nitrogens with two attached hydrogens (primary N) is 1. The third kappa shape index (κ3) is 4.62. The van der Waals surface area contributed by atoms with Crippen molar-refractivity contribution in [1.82, 2.24) is 5.32 Å². The summed E-state index contributed by atoms with van der Waals surface area (Å²) in [5.41, 5.74) is 6.57. The van der Waals surface area contributed by atoms with Crippen LogP contribution in [-0.2, 0) is 4.79 Å². The third-order valence-corrected chi connectivity index (χ3v) is 3.20. The van der Waals surface area contributed by atoms with E-state index in [1.807, 2.05) is 0 Å². The molecule has 23 heavy (non-hydrogen) atoms. The van der Waals surface area contributed by atoms with E-state index in [-0.39, 0.29) is 6.73 Å². The van der Waals surface area contributed by atoms with Crippen LogP contribution >= 0.6 is 11.6 Å². The molecule has 3 amide bonds. The first-order chi connectivity index (χ1) is 11.0. The van der Waals surface area contributed by atoms with Gasteiger partial charge >= 0.3 is 6.03 Å². The van der Waals surface area contributed by atoms with Gasteiger partial charge < -0.3 is 15.8 Å². The van der Waals surface area contributed by atoms with Gasteiger partial charge in [-0.15, -0.1) is 0 Å². The van der Waals surface area contributed by atoms with E-state index in [0.29, 0.717) is 22.1 Å². The number of hydrogen-bond acceptors (Lipinski definition) is 4. The van der Waals surface area contributed by atoms with Crippen LogP contribution in [0.5, 0.6) is 5.75 Å². The van der Waals surface area contributed by atoms with Gasteiger partial charge in [0, 0.05) is 17.6 Å². The molecule has 0 atom stereocenters. The molecule has 0 bridgehead atoms. The van der Waals surface area contributed by atoms with Gasteiger partial charge in [0.05, 0.1) is 5.69 Å². The van der Waals surface area contributed by atoms with Crippen molar-refractivity contribution in [1.29, 1.82) is 0 Å². The van der Waals surface area contributed by atoms with Crippen molar-refractivity contribution in [2.24, 2.45) is 0 Å². The fourth-order valence-corrected chi connectivity index (χ4v) is 1.98. The van der Waals surface area contributed by atoms with Gasteiger partial charge in [-0.25, -0.2) is 9.69 Å². The molecule has 7 heteroatoms. The molecule has 0 radical (unpaired) electrons. The number of nitrogens with zero attached hydrogens (tertiary/aromatic N) is 1. The smallest absolute Gasteiger partial charge is 0.331 e. The van der Waals surface area contributed by atoms with Crippen molar-refractivity contribution in [3.63, 3.8) is 0 Å². The predicted molar refractivity (Wildman–Crippen MR) is 89.5 cm³/mol. The maximum Gasteiger partial charge on any atom is 0.331 e. The van der Waals surface area contributed by atoms with E-state index in [1.54, 1.807) is 48.5 Å². The van der Waals surface area contributed by atoms with Crippen molar-refractivity contribution in [3.05, 3.63) is 53.6 Å². The number of ether oxygens (including phenoxy) is 1. The van der Waals surface area contributed by atoms with E-state index in [4.69, 9.17) is 22.1 Å². The summed E-state index contributed by atoms with van der Waals surface area (Å²) in [4.78, 5) is 24.9. The highest BCUT2D eigenvalue weighted by Crippen LogP contribution is 2.17. The molecular formula is C16H16ClN3O3. The summed E-state index contributed by atoms with van der Waals surface area (Å²) in [5, 5.41) is 3.11. The van der Waals surface area contributed by atoms with Gasteiger partial charge in [-0.05, 0) is 48.5 Å². The standard InChI is InChI=1S/C16H16ClN3O3/c1-11(21)20(14-6-4-13(18)5-7-14)16(22)19-10-23-15-8-2-12(17)3-9-15/h2-9H,10,18H2,1H3,(H,19,22). The van der Waals surface area contributed by atoms with Crippen LogP contribution < -0.4 is 20.7 Å². The molecule has 2 aromatic rings. The Kier molecular flexibility index (Phi) is 5.43. The maximum atomic E-state index is 12.2. The first-order valence-electron chi connectivity index (χ1n) is 6.80. The van der Waals surface area contributed by atoms with Gasteiger partial charge in [-0.3, -0.25) is 4.79 Å². The fraction of sp³-hybridized carbons (Fsp3) is 0.125. The number of halogens is 1. The van der Waals surface area contributed by atoms with E-state index in [1.165, 1.54) is 6.92 Å². The number of rotatable bonds is 4. The van der Waals surface area contributed by atoms with Crippen LogP contribution in [0.4, 0.5) is 16.2 Å². The Labute approximate surface area is 138 Å². The van der Waals surface area contributed by atoms with E-state index in [0.717, 1.165) is 4.90 Å². The lowest BCUT2D eigenvalue weighted by Crippen LogP contribution is -2.44. The second-order valence-corrected chi connectivity index (χ2v) is 5.11. The van der Waals surface area contributed by atoms with Gasteiger partial charge in [0.2, 0.25) is 5.91 Å². The highest BCUT2D eigenvalue weighted by atomic mass is 35.5. The normalized spacial score (nSPS) is 10.0. The Morgan fingerprint density at radius 3 is 2.30 bits per heavy atom. The van der Waals surface area contributed by atoms with Crippen LogP contribution in [0.25, 0.3) is 0 Å². The molecule has 120 valence electrons. The van der Waals surface area contributed by atoms with E-state index >= 15 is 0 Å². The largest absolute Gasteiger partial charge is 0.473 e. The third-order valence-electron chi connectivity index (χ3n) is 2.95. The van der Waals surface area contributed by atoms with E-state index < -0.39 is 11.9 Å². The Bertz CT molecular complexity index is 687. The van der Waals surface area contributed by atoms with Gasteiger partial charge in [0.25, 0.3) is 0 Å². The Morgan fingerprint density at radius 1 is 1.13 bits per heavy atom. The van der Waals surface area contributed by atoms with Crippen molar-refractivity contribution < 1.29 is 14.3 Å². The predicted octanol–water partition coefficient (Wildman–Crippen LogP) is 3.02. The molecule has 0 fully saturated rings. The van der Waals surface area contributed by atoms with Gasteiger partial charge in [-0.2, -0.15) is 0 Å². The minimum atomic E-state index is -0.587. The SMILES string of the molecule is CC(=O)N(C(=O)NCOc1ccc(Cl)cc1)c1ccc(N)cc1. The molecule has 0 spiro atoms. The summed E-state index contributed by atoms with van der Waals surface area (Å²) < 4.78 is 5.37. The summed E-state index contributed by atoms with van der Waals surface area (Å²) in [6, 6.07) is 12.5. The number of urea groups is 1. The number of nitrogens with one attached hydrogen (secondary N) is 1. The number of carbonyl (C=O) groups is 2. The van der Waals surface area contributed by atoms with Crippen LogP contribution in [0.1, 0.15) is 6.92 Å². The van der Waals surface area contributed by atoms with Gasteiger partial charge in [0.1, 0.15) is 5.75 Å². The molecule has 0 saturated carbocycles. The lowest BCUT2D eigenvalue weighted by molar-refractivity contribution is -0.115. The maximum absolute atomic E-state index is 12.2. The van der Waals surface area contributed by atoms with Crippen LogP contribution in [0.3, 0.4) is 0 Å². The van der Waals surface area contributed by atoms with Gasteiger partial charge in [-0.1, -0.05) is 11.6 Å². The number of benzene rings is 2. The zero-order valence-electron chi connectivity index (χ0n) is 12.5. The number of imide groups is 1. The molecule has 0 aromatic heterocycles. The molecule has 0 aliphatic carbocycles. The summed E-state index contributed by atoms with van der Waals surface area (Å²) in [5.74, 6) is 0.135. The fourth-order valence-electron chi connectivity index (χ4n) is 1.86. The average Bonchev–Trinajstić information content (AvgIpc) is 2.51. The highest BCUT2D eigenvalue weighted by Gasteiger charge is 2.19. The highest BCUT2D eigenvalue weighted by molar-refractivity contribution is 6.30. The molecule has 0 aliphatic heterocycles. The first-order valence-corrected chi connectivity index (χ1v) is 7.17. The summed E-state index contributed by atoms with van der Waals surface area (Å²) in [6.07, 6.45) is 0. The number of hydrogen-bond donors (Lipinski definition) is 2. The second-order valence-electron chi connectivity index (χ2n) is 4.67. The number of nitrogen functional groups attached to an aromatic ring is 1. The van der Waals surface area contributed by atoms with E-state index in [9.17, 15) is 9.59 Å². The molecule has 6 nitrogen and oxygen atoms in total. The number of carbonyl (C=O) groups excluding carboxylic acids is 2. The first kappa shape index (κ1) is 16.6. The molecular weight excluding hydrogens is 318 g/mol. The zero-order chi connectivity index (χ0) is 16.8. The monoisotopic (exact) mass is 333 g/mol. The van der Waals surface area contributed by atoms with Crippen LogP contribution in [-0.4, -0.2) is 18.7 Å². The van der Waals surface area contributed by atoms with Gasteiger partial charge in [0.15, 0.2) is 6.73 Å². The quantitative estimate of drug-likeness (QED) is 0.665. The van der Waals surface area contributed by atoms with Crippen molar-refractivity contribution in [2.75, 3.05) is 17.4 Å². The molecule has 2 rings (SSSR count). The summed E-state index contributed by atoms with van der Waals surface area (Å²) >= 11 is 5.77. The number of anilines is 2. The molecule has 0 saturated heterocycles. The summed E-state index contributed by atoms with van der Waals surface area (Å²) in [6.45, 7) is 1.22. The topological polar surface area (TPSA) is 84.7 Å². The lowest BCUT2D eigenvalue weighted by atomic mass is 10.2. The molecule has 2 aromatic carbocycles. The van der Waals surface area contributed by atoms with Crippen LogP contribution in [0, 0.1) is 0 Å².